The summed E-state index contributed by atoms with van der Waals surface area (Å²) in [6.45, 7) is 2.40. The lowest BCUT2D eigenvalue weighted by Crippen LogP contribution is -2.34. The van der Waals surface area contributed by atoms with E-state index < -0.39 is 0 Å². The van der Waals surface area contributed by atoms with Gasteiger partial charge in [0.1, 0.15) is 5.75 Å². The third-order valence-electron chi connectivity index (χ3n) is 5.06. The third kappa shape index (κ3) is 4.49. The number of pyridine rings is 1. The Labute approximate surface area is 179 Å². The summed E-state index contributed by atoms with van der Waals surface area (Å²) >= 11 is 6.14. The number of hydrogen-bond acceptors (Lipinski definition) is 5. The molecule has 1 unspecified atom stereocenters. The van der Waals surface area contributed by atoms with Gasteiger partial charge in [0.2, 0.25) is 0 Å². The van der Waals surface area contributed by atoms with Crippen LogP contribution in [0.5, 0.6) is 5.75 Å². The zero-order valence-corrected chi connectivity index (χ0v) is 17.3. The van der Waals surface area contributed by atoms with Crippen LogP contribution in [-0.2, 0) is 0 Å². The highest BCUT2D eigenvalue weighted by molar-refractivity contribution is 6.32. The van der Waals surface area contributed by atoms with Gasteiger partial charge < -0.3 is 20.3 Å². The summed E-state index contributed by atoms with van der Waals surface area (Å²) in [6.07, 6.45) is 5.88. The van der Waals surface area contributed by atoms with Gasteiger partial charge in [-0.1, -0.05) is 23.7 Å². The van der Waals surface area contributed by atoms with Crippen LogP contribution in [0.3, 0.4) is 0 Å². The minimum atomic E-state index is -0.266. The average molecular weight is 427 g/mol. The second kappa shape index (κ2) is 9.04. The summed E-state index contributed by atoms with van der Waals surface area (Å²) < 4.78 is 6.98. The van der Waals surface area contributed by atoms with E-state index >= 15 is 0 Å². The lowest BCUT2D eigenvalue weighted by molar-refractivity contribution is 0.250. The molecule has 3 aromatic rings. The summed E-state index contributed by atoms with van der Waals surface area (Å²) in [4.78, 5) is 18.8. The van der Waals surface area contributed by atoms with Crippen molar-refractivity contribution < 1.29 is 9.53 Å². The molecule has 3 heterocycles. The molecular weight excluding hydrogens is 404 g/mol. The molecule has 1 aliphatic heterocycles. The fourth-order valence-corrected chi connectivity index (χ4v) is 3.78. The number of amides is 2. The van der Waals surface area contributed by atoms with Crippen LogP contribution in [0.25, 0.3) is 5.82 Å². The van der Waals surface area contributed by atoms with Gasteiger partial charge in [0.05, 0.1) is 35.9 Å². The van der Waals surface area contributed by atoms with E-state index in [-0.39, 0.29) is 6.03 Å². The number of methoxy groups -OCH3 is 1. The molecule has 2 aromatic heterocycles. The largest absolute Gasteiger partial charge is 0.495 e. The van der Waals surface area contributed by atoms with Crippen LogP contribution < -0.4 is 20.3 Å². The lowest BCUT2D eigenvalue weighted by Gasteiger charge is -2.21. The Balaban J connectivity index is 1.28. The van der Waals surface area contributed by atoms with Crippen molar-refractivity contribution in [2.75, 3.05) is 37.0 Å². The molecule has 0 bridgehead atoms. The van der Waals surface area contributed by atoms with Crippen LogP contribution in [0, 0.1) is 5.92 Å². The smallest absolute Gasteiger partial charge is 0.319 e. The highest BCUT2D eigenvalue weighted by Crippen LogP contribution is 2.31. The molecule has 1 saturated heterocycles. The molecule has 1 atom stereocenters. The number of ether oxygens (including phenoxy) is 1. The number of nitrogens with zero attached hydrogens (tertiary/aromatic N) is 4. The van der Waals surface area contributed by atoms with Crippen molar-refractivity contribution in [2.45, 2.75) is 6.42 Å². The second-order valence-electron chi connectivity index (χ2n) is 7.09. The Morgan fingerprint density at radius 2 is 2.17 bits per heavy atom. The molecule has 1 fully saturated rings. The Bertz CT molecular complexity index is 1020. The maximum Gasteiger partial charge on any atom is 0.319 e. The minimum Gasteiger partial charge on any atom is -0.495 e. The van der Waals surface area contributed by atoms with Gasteiger partial charge in [-0.2, -0.15) is 5.10 Å². The van der Waals surface area contributed by atoms with E-state index in [0.717, 1.165) is 30.9 Å². The maximum atomic E-state index is 12.3. The zero-order valence-electron chi connectivity index (χ0n) is 16.6. The van der Waals surface area contributed by atoms with Gasteiger partial charge in [-0.05, 0) is 36.6 Å². The fraction of sp³-hybridized carbons (Fsp3) is 0.286. The first-order valence-electron chi connectivity index (χ1n) is 9.72. The van der Waals surface area contributed by atoms with Gasteiger partial charge in [0, 0.05) is 25.8 Å². The highest BCUT2D eigenvalue weighted by atomic mass is 35.5. The summed E-state index contributed by atoms with van der Waals surface area (Å²) in [5.74, 6) is 1.75. The minimum absolute atomic E-state index is 0.266. The summed E-state index contributed by atoms with van der Waals surface area (Å²) in [7, 11) is 1.68. The standard InChI is InChI=1S/C21H23ClN6O2/c1-30-19-7-3-2-6-18(19)27-10-8-15(13-27)11-24-21(29)26-16-12-25-28(14-16)20-17(22)5-4-9-23-20/h2-7,9,12,14-15H,8,10-11,13H2,1H3,(H2,24,26,29). The van der Waals surface area contributed by atoms with Crippen LogP contribution in [-0.4, -0.2) is 47.5 Å². The number of carbonyl (C=O) groups excluding carboxylic acids is 1. The molecule has 30 heavy (non-hydrogen) atoms. The van der Waals surface area contributed by atoms with E-state index in [1.165, 1.54) is 4.68 Å². The van der Waals surface area contributed by atoms with Gasteiger partial charge in [0.15, 0.2) is 5.82 Å². The van der Waals surface area contributed by atoms with E-state index in [1.807, 2.05) is 18.2 Å². The van der Waals surface area contributed by atoms with Crippen molar-refractivity contribution >= 4 is 29.0 Å². The topological polar surface area (TPSA) is 84.3 Å². The SMILES string of the molecule is COc1ccccc1N1CCC(CNC(=O)Nc2cnn(-c3ncccc3Cl)c2)C1. The van der Waals surface area contributed by atoms with E-state index in [9.17, 15) is 4.79 Å². The van der Waals surface area contributed by atoms with Crippen LogP contribution in [0.4, 0.5) is 16.2 Å². The van der Waals surface area contributed by atoms with Gasteiger partial charge in [0.25, 0.3) is 0 Å². The van der Waals surface area contributed by atoms with Crippen molar-refractivity contribution in [2.24, 2.45) is 5.92 Å². The van der Waals surface area contributed by atoms with Crippen molar-refractivity contribution in [3.63, 3.8) is 0 Å². The second-order valence-corrected chi connectivity index (χ2v) is 7.50. The first kappa shape index (κ1) is 20.0. The maximum absolute atomic E-state index is 12.3. The highest BCUT2D eigenvalue weighted by Gasteiger charge is 2.24. The van der Waals surface area contributed by atoms with Gasteiger partial charge in [-0.15, -0.1) is 0 Å². The Kier molecular flexibility index (Phi) is 6.04. The van der Waals surface area contributed by atoms with Crippen molar-refractivity contribution in [1.82, 2.24) is 20.1 Å². The molecule has 4 rings (SSSR count). The molecule has 0 spiro atoms. The number of para-hydroxylation sites is 2. The first-order chi connectivity index (χ1) is 14.6. The Morgan fingerprint density at radius 1 is 1.30 bits per heavy atom. The molecule has 2 N–H and O–H groups in total. The predicted octanol–water partition coefficient (Wildman–Crippen LogP) is 3.58. The Morgan fingerprint density at radius 3 is 3.00 bits per heavy atom. The van der Waals surface area contributed by atoms with Gasteiger partial charge >= 0.3 is 6.03 Å². The summed E-state index contributed by atoms with van der Waals surface area (Å²) in [5, 5.41) is 10.4. The monoisotopic (exact) mass is 426 g/mol. The lowest BCUT2D eigenvalue weighted by atomic mass is 10.1. The molecule has 1 aromatic carbocycles. The van der Waals surface area contributed by atoms with Crippen molar-refractivity contribution in [3.8, 4) is 11.6 Å². The number of nitrogens with one attached hydrogen (secondary N) is 2. The number of urea groups is 1. The number of benzene rings is 1. The molecule has 8 nitrogen and oxygen atoms in total. The number of hydrogen-bond donors (Lipinski definition) is 2. The van der Waals surface area contributed by atoms with Crippen LogP contribution >= 0.6 is 11.6 Å². The third-order valence-corrected chi connectivity index (χ3v) is 5.35. The van der Waals surface area contributed by atoms with E-state index in [2.05, 4.69) is 31.7 Å². The van der Waals surface area contributed by atoms with Crippen LogP contribution in [0.2, 0.25) is 5.02 Å². The van der Waals surface area contributed by atoms with Crippen molar-refractivity contribution in [1.29, 1.82) is 0 Å². The molecule has 2 amide bonds. The number of anilines is 2. The molecule has 1 aliphatic rings. The van der Waals surface area contributed by atoms with Gasteiger partial charge in [-0.25, -0.2) is 14.5 Å². The number of aromatic nitrogens is 3. The van der Waals surface area contributed by atoms with Crippen LogP contribution in [0.15, 0.2) is 55.0 Å². The number of halogens is 1. The molecular formula is C21H23ClN6O2. The van der Waals surface area contributed by atoms with E-state index in [0.29, 0.717) is 29.0 Å². The van der Waals surface area contributed by atoms with E-state index in [1.54, 1.807) is 37.8 Å². The average Bonchev–Trinajstić information content (AvgIpc) is 3.42. The quantitative estimate of drug-likeness (QED) is 0.629. The molecule has 156 valence electrons. The number of carbonyl (C=O) groups is 1. The predicted molar refractivity (Wildman–Crippen MR) is 117 cm³/mol. The summed E-state index contributed by atoms with van der Waals surface area (Å²) in [6, 6.07) is 11.2. The fourth-order valence-electron chi connectivity index (χ4n) is 3.57. The number of rotatable bonds is 6. The molecule has 0 aliphatic carbocycles. The normalized spacial score (nSPS) is 15.8. The van der Waals surface area contributed by atoms with E-state index in [4.69, 9.17) is 16.3 Å². The Hall–Kier alpha value is -3.26. The molecule has 9 heteroatoms. The zero-order chi connectivity index (χ0) is 20.9. The summed E-state index contributed by atoms with van der Waals surface area (Å²) in [5.41, 5.74) is 1.66. The molecule has 0 saturated carbocycles. The first-order valence-corrected chi connectivity index (χ1v) is 10.1. The van der Waals surface area contributed by atoms with Crippen molar-refractivity contribution in [3.05, 3.63) is 60.0 Å². The van der Waals surface area contributed by atoms with Crippen LogP contribution in [0.1, 0.15) is 6.42 Å². The van der Waals surface area contributed by atoms with Gasteiger partial charge in [-0.3, -0.25) is 0 Å². The molecule has 0 radical (unpaired) electrons.